The molecule has 1 aliphatic rings. The molecule has 1 aliphatic heterocycles. The number of halogens is 3. The summed E-state index contributed by atoms with van der Waals surface area (Å²) >= 11 is 0. The van der Waals surface area contributed by atoms with Gasteiger partial charge in [-0.05, 0) is 12.3 Å². The van der Waals surface area contributed by atoms with Crippen molar-refractivity contribution in [2.45, 2.75) is 52.0 Å². The zero-order valence-electron chi connectivity index (χ0n) is 10.3. The van der Waals surface area contributed by atoms with Crippen LogP contribution in [-0.2, 0) is 4.79 Å². The molecule has 1 heterocycles. The van der Waals surface area contributed by atoms with Gasteiger partial charge in [-0.25, -0.2) is 0 Å². The van der Waals surface area contributed by atoms with E-state index >= 15 is 0 Å². The molecule has 100 valence electrons. The van der Waals surface area contributed by atoms with Crippen molar-refractivity contribution in [1.82, 2.24) is 10.2 Å². The van der Waals surface area contributed by atoms with Gasteiger partial charge >= 0.3 is 6.18 Å². The SMILES string of the molecule is CCC1NC(C(C)C)N(CCC(F)(F)F)C1=O. The van der Waals surface area contributed by atoms with E-state index in [1.165, 1.54) is 4.90 Å². The third-order valence-corrected chi connectivity index (χ3v) is 2.96. The molecule has 0 spiro atoms. The molecule has 1 fully saturated rings. The van der Waals surface area contributed by atoms with E-state index in [9.17, 15) is 18.0 Å². The molecule has 1 N–H and O–H groups in total. The van der Waals surface area contributed by atoms with E-state index < -0.39 is 12.6 Å². The summed E-state index contributed by atoms with van der Waals surface area (Å²) in [5.41, 5.74) is 0. The molecular formula is C11H19F3N2O. The summed E-state index contributed by atoms with van der Waals surface area (Å²) in [4.78, 5) is 13.2. The van der Waals surface area contributed by atoms with Crippen molar-refractivity contribution in [2.75, 3.05) is 6.54 Å². The summed E-state index contributed by atoms with van der Waals surface area (Å²) in [6.45, 7) is 5.38. The molecule has 0 saturated carbocycles. The number of hydrogen-bond donors (Lipinski definition) is 1. The second-order valence-corrected chi connectivity index (χ2v) is 4.71. The predicted molar refractivity (Wildman–Crippen MR) is 58.2 cm³/mol. The number of rotatable bonds is 4. The number of alkyl halides is 3. The molecular weight excluding hydrogens is 233 g/mol. The number of amides is 1. The van der Waals surface area contributed by atoms with Gasteiger partial charge in [0.05, 0.1) is 18.6 Å². The van der Waals surface area contributed by atoms with Crippen LogP contribution >= 0.6 is 0 Å². The summed E-state index contributed by atoms with van der Waals surface area (Å²) < 4.78 is 36.6. The molecule has 2 unspecified atom stereocenters. The van der Waals surface area contributed by atoms with Gasteiger partial charge in [0, 0.05) is 6.54 Å². The Bertz CT molecular complexity index is 278. The summed E-state index contributed by atoms with van der Waals surface area (Å²) in [6.07, 6.45) is -4.84. The van der Waals surface area contributed by atoms with E-state index in [-0.39, 0.29) is 30.6 Å². The second kappa shape index (κ2) is 5.25. The number of nitrogens with zero attached hydrogens (tertiary/aromatic N) is 1. The first-order valence-electron chi connectivity index (χ1n) is 5.89. The first-order valence-corrected chi connectivity index (χ1v) is 5.89. The van der Waals surface area contributed by atoms with Gasteiger partial charge in [0.25, 0.3) is 0 Å². The van der Waals surface area contributed by atoms with Crippen LogP contribution in [0.1, 0.15) is 33.6 Å². The average molecular weight is 252 g/mol. The Morgan fingerprint density at radius 3 is 2.41 bits per heavy atom. The third-order valence-electron chi connectivity index (χ3n) is 2.96. The molecule has 1 rings (SSSR count). The van der Waals surface area contributed by atoms with E-state index in [0.29, 0.717) is 6.42 Å². The lowest BCUT2D eigenvalue weighted by atomic mass is 10.1. The lowest BCUT2D eigenvalue weighted by molar-refractivity contribution is -0.145. The van der Waals surface area contributed by atoms with Crippen LogP contribution in [0.15, 0.2) is 0 Å². The lowest BCUT2D eigenvalue weighted by Gasteiger charge is -2.27. The molecule has 1 saturated heterocycles. The highest BCUT2D eigenvalue weighted by Crippen LogP contribution is 2.24. The number of carbonyl (C=O) groups is 1. The summed E-state index contributed by atoms with van der Waals surface area (Å²) in [6, 6.07) is -0.337. The summed E-state index contributed by atoms with van der Waals surface area (Å²) in [5.74, 6) is -0.112. The van der Waals surface area contributed by atoms with E-state index in [4.69, 9.17) is 0 Å². The highest BCUT2D eigenvalue weighted by atomic mass is 19.4. The summed E-state index contributed by atoms with van der Waals surface area (Å²) in [7, 11) is 0. The van der Waals surface area contributed by atoms with Crippen molar-refractivity contribution < 1.29 is 18.0 Å². The van der Waals surface area contributed by atoms with E-state index in [1.54, 1.807) is 0 Å². The van der Waals surface area contributed by atoms with Gasteiger partial charge in [0.1, 0.15) is 0 Å². The first-order chi connectivity index (χ1) is 7.76. The zero-order valence-corrected chi connectivity index (χ0v) is 10.3. The van der Waals surface area contributed by atoms with E-state index in [0.717, 1.165) is 0 Å². The molecule has 17 heavy (non-hydrogen) atoms. The fourth-order valence-corrected chi connectivity index (χ4v) is 2.05. The average Bonchev–Trinajstić information content (AvgIpc) is 2.51. The van der Waals surface area contributed by atoms with Gasteiger partial charge < -0.3 is 4.90 Å². The van der Waals surface area contributed by atoms with Crippen LogP contribution in [0, 0.1) is 5.92 Å². The maximum absolute atomic E-state index is 12.2. The topological polar surface area (TPSA) is 32.3 Å². The number of hydrogen-bond acceptors (Lipinski definition) is 2. The molecule has 2 atom stereocenters. The quantitative estimate of drug-likeness (QED) is 0.831. The maximum atomic E-state index is 12.2. The molecule has 3 nitrogen and oxygen atoms in total. The molecule has 0 bridgehead atoms. The van der Waals surface area contributed by atoms with Crippen molar-refractivity contribution in [1.29, 1.82) is 0 Å². The lowest BCUT2D eigenvalue weighted by Crippen LogP contribution is -2.42. The number of nitrogens with one attached hydrogen (secondary N) is 1. The standard InChI is InChI=1S/C11H19F3N2O/c1-4-8-10(17)16(6-5-11(12,13)14)9(15-8)7(2)3/h7-9,15H,4-6H2,1-3H3. The molecule has 0 aromatic heterocycles. The van der Waals surface area contributed by atoms with Gasteiger partial charge in [-0.15, -0.1) is 0 Å². The molecule has 1 amide bonds. The van der Waals surface area contributed by atoms with Crippen LogP contribution in [0.25, 0.3) is 0 Å². The Morgan fingerprint density at radius 1 is 1.41 bits per heavy atom. The minimum atomic E-state index is -4.22. The summed E-state index contributed by atoms with van der Waals surface area (Å²) in [5, 5.41) is 3.09. The van der Waals surface area contributed by atoms with Crippen LogP contribution in [0.5, 0.6) is 0 Å². The van der Waals surface area contributed by atoms with Crippen LogP contribution < -0.4 is 5.32 Å². The largest absolute Gasteiger partial charge is 0.390 e. The second-order valence-electron chi connectivity index (χ2n) is 4.71. The van der Waals surface area contributed by atoms with Crippen molar-refractivity contribution >= 4 is 5.91 Å². The normalized spacial score (nSPS) is 26.1. The Morgan fingerprint density at radius 2 is 2.00 bits per heavy atom. The van der Waals surface area contributed by atoms with E-state index in [2.05, 4.69) is 5.32 Å². The molecule has 0 aliphatic carbocycles. The number of carbonyl (C=O) groups excluding carboxylic acids is 1. The van der Waals surface area contributed by atoms with Crippen molar-refractivity contribution in [3.8, 4) is 0 Å². The van der Waals surface area contributed by atoms with Gasteiger partial charge in [0.2, 0.25) is 5.91 Å². The van der Waals surface area contributed by atoms with Crippen molar-refractivity contribution in [2.24, 2.45) is 5.92 Å². The van der Waals surface area contributed by atoms with Crippen molar-refractivity contribution in [3.05, 3.63) is 0 Å². The molecule has 0 radical (unpaired) electrons. The van der Waals surface area contributed by atoms with Crippen LogP contribution in [0.2, 0.25) is 0 Å². The fraction of sp³-hybridized carbons (Fsp3) is 0.909. The minimum absolute atomic E-state index is 0.101. The highest BCUT2D eigenvalue weighted by molar-refractivity contribution is 5.84. The van der Waals surface area contributed by atoms with E-state index in [1.807, 2.05) is 20.8 Å². The van der Waals surface area contributed by atoms with Crippen LogP contribution in [-0.4, -0.2) is 35.7 Å². The Hall–Kier alpha value is -0.780. The van der Waals surface area contributed by atoms with Crippen LogP contribution in [0.3, 0.4) is 0 Å². The molecule has 0 aromatic rings. The zero-order chi connectivity index (χ0) is 13.2. The Labute approximate surface area is 99.4 Å². The van der Waals surface area contributed by atoms with Gasteiger partial charge in [-0.3, -0.25) is 10.1 Å². The molecule has 0 aromatic carbocycles. The smallest absolute Gasteiger partial charge is 0.325 e. The minimum Gasteiger partial charge on any atom is -0.325 e. The fourth-order valence-electron chi connectivity index (χ4n) is 2.05. The van der Waals surface area contributed by atoms with Crippen molar-refractivity contribution in [3.63, 3.8) is 0 Å². The third kappa shape index (κ3) is 3.59. The van der Waals surface area contributed by atoms with Gasteiger partial charge in [-0.2, -0.15) is 13.2 Å². The maximum Gasteiger partial charge on any atom is 0.390 e. The molecule has 6 heteroatoms. The highest BCUT2D eigenvalue weighted by Gasteiger charge is 2.40. The van der Waals surface area contributed by atoms with Gasteiger partial charge in [-0.1, -0.05) is 20.8 Å². The predicted octanol–water partition coefficient (Wildman–Crippen LogP) is 2.13. The van der Waals surface area contributed by atoms with Gasteiger partial charge in [0.15, 0.2) is 0 Å². The van der Waals surface area contributed by atoms with Crippen LogP contribution in [0.4, 0.5) is 13.2 Å². The Balaban J connectivity index is 2.68. The Kier molecular flexibility index (Phi) is 4.41. The monoisotopic (exact) mass is 252 g/mol. The first kappa shape index (κ1) is 14.3.